The van der Waals surface area contributed by atoms with Crippen molar-refractivity contribution in [1.29, 1.82) is 0 Å². The second-order valence-electron chi connectivity index (χ2n) is 6.31. The molecule has 2 N–H and O–H groups in total. The zero-order valence-corrected chi connectivity index (χ0v) is 13.8. The van der Waals surface area contributed by atoms with Gasteiger partial charge in [0, 0.05) is 12.6 Å². The Morgan fingerprint density at radius 1 is 1.10 bits per heavy atom. The minimum absolute atomic E-state index is 0.0211. The van der Waals surface area contributed by atoms with Gasteiger partial charge in [0.2, 0.25) is 10.0 Å². The molecule has 0 heterocycles. The number of hydrogen-bond donors (Lipinski definition) is 2. The van der Waals surface area contributed by atoms with Gasteiger partial charge >= 0.3 is 0 Å². The van der Waals surface area contributed by atoms with E-state index in [0.29, 0.717) is 0 Å². The van der Waals surface area contributed by atoms with E-state index >= 15 is 0 Å². The third kappa shape index (κ3) is 5.61. The second-order valence-corrected chi connectivity index (χ2v) is 8.07. The van der Waals surface area contributed by atoms with Gasteiger partial charge in [0.1, 0.15) is 0 Å². The van der Waals surface area contributed by atoms with Gasteiger partial charge in [0.05, 0.1) is 5.75 Å². The van der Waals surface area contributed by atoms with E-state index in [1.54, 1.807) is 0 Å². The lowest BCUT2D eigenvalue weighted by molar-refractivity contribution is 0.317. The van der Waals surface area contributed by atoms with Gasteiger partial charge < -0.3 is 5.32 Å². The first-order valence-electron chi connectivity index (χ1n) is 6.86. The van der Waals surface area contributed by atoms with Gasteiger partial charge in [-0.3, -0.25) is 0 Å². The SMILES string of the molecule is CNCc1ccc(CS(=O)(=O)NC(C)C(C)(C)C)cc1. The van der Waals surface area contributed by atoms with Crippen LogP contribution in [0.3, 0.4) is 0 Å². The van der Waals surface area contributed by atoms with Crippen molar-refractivity contribution >= 4 is 10.0 Å². The Morgan fingerprint density at radius 2 is 1.60 bits per heavy atom. The number of hydrogen-bond acceptors (Lipinski definition) is 3. The van der Waals surface area contributed by atoms with E-state index < -0.39 is 10.0 Å². The molecule has 0 amide bonds. The number of benzene rings is 1. The molecule has 114 valence electrons. The molecule has 1 rings (SSSR count). The Bertz CT molecular complexity index is 516. The van der Waals surface area contributed by atoms with Crippen LogP contribution in [0.5, 0.6) is 0 Å². The van der Waals surface area contributed by atoms with E-state index in [2.05, 4.69) is 10.0 Å². The predicted octanol–water partition coefficient (Wildman–Crippen LogP) is 2.26. The lowest BCUT2D eigenvalue weighted by Crippen LogP contribution is -2.41. The summed E-state index contributed by atoms with van der Waals surface area (Å²) in [7, 11) is -1.42. The molecule has 20 heavy (non-hydrogen) atoms. The van der Waals surface area contributed by atoms with Gasteiger partial charge in [-0.2, -0.15) is 0 Å². The fraction of sp³-hybridized carbons (Fsp3) is 0.600. The molecule has 0 aromatic heterocycles. The van der Waals surface area contributed by atoms with Crippen molar-refractivity contribution in [3.05, 3.63) is 35.4 Å². The molecule has 0 spiro atoms. The maximum absolute atomic E-state index is 12.1. The van der Waals surface area contributed by atoms with Crippen LogP contribution in [0.25, 0.3) is 0 Å². The standard InChI is InChI=1S/C15H26N2O2S/c1-12(15(2,3)4)17-20(18,19)11-14-8-6-13(7-9-14)10-16-5/h6-9,12,16-17H,10-11H2,1-5H3. The molecule has 4 nitrogen and oxygen atoms in total. The summed E-state index contributed by atoms with van der Waals surface area (Å²) in [4.78, 5) is 0. The van der Waals surface area contributed by atoms with E-state index in [0.717, 1.165) is 17.7 Å². The van der Waals surface area contributed by atoms with Crippen molar-refractivity contribution < 1.29 is 8.42 Å². The maximum atomic E-state index is 12.1. The van der Waals surface area contributed by atoms with Crippen LogP contribution >= 0.6 is 0 Å². The molecule has 0 aliphatic heterocycles. The molecule has 1 aromatic rings. The molecule has 0 fully saturated rings. The molecule has 5 heteroatoms. The maximum Gasteiger partial charge on any atom is 0.216 e. The molecule has 1 atom stereocenters. The van der Waals surface area contributed by atoms with Crippen LogP contribution in [-0.4, -0.2) is 21.5 Å². The van der Waals surface area contributed by atoms with Crippen LogP contribution < -0.4 is 10.0 Å². The summed E-state index contributed by atoms with van der Waals surface area (Å²) < 4.78 is 27.0. The van der Waals surface area contributed by atoms with Gasteiger partial charge in [-0.1, -0.05) is 45.0 Å². The van der Waals surface area contributed by atoms with E-state index in [1.807, 2.05) is 59.0 Å². The molecule has 1 aromatic carbocycles. The summed E-state index contributed by atoms with van der Waals surface area (Å²) in [5.74, 6) is 0.0211. The Morgan fingerprint density at radius 3 is 2.05 bits per heavy atom. The summed E-state index contributed by atoms with van der Waals surface area (Å²) in [6.45, 7) is 8.74. The van der Waals surface area contributed by atoms with E-state index in [4.69, 9.17) is 0 Å². The molecule has 0 aliphatic carbocycles. The number of sulfonamides is 1. The average molecular weight is 298 g/mol. The highest BCUT2D eigenvalue weighted by atomic mass is 32.2. The second kappa shape index (κ2) is 6.70. The number of rotatable bonds is 6. The summed E-state index contributed by atoms with van der Waals surface area (Å²) >= 11 is 0. The number of nitrogens with one attached hydrogen (secondary N) is 2. The molecule has 0 saturated carbocycles. The van der Waals surface area contributed by atoms with Crippen LogP contribution in [0.2, 0.25) is 0 Å². The van der Waals surface area contributed by atoms with Crippen molar-refractivity contribution in [2.24, 2.45) is 5.41 Å². The first kappa shape index (κ1) is 17.1. The largest absolute Gasteiger partial charge is 0.316 e. The van der Waals surface area contributed by atoms with Crippen molar-refractivity contribution in [3.63, 3.8) is 0 Å². The first-order valence-corrected chi connectivity index (χ1v) is 8.52. The predicted molar refractivity (Wildman–Crippen MR) is 83.9 cm³/mol. The minimum Gasteiger partial charge on any atom is -0.316 e. The third-order valence-corrected chi connectivity index (χ3v) is 4.84. The van der Waals surface area contributed by atoms with Crippen molar-refractivity contribution in [1.82, 2.24) is 10.0 Å². The zero-order valence-electron chi connectivity index (χ0n) is 13.0. The van der Waals surface area contributed by atoms with Crippen LogP contribution in [0, 0.1) is 5.41 Å². The topological polar surface area (TPSA) is 58.2 Å². The highest BCUT2D eigenvalue weighted by Gasteiger charge is 2.24. The molecule has 0 bridgehead atoms. The van der Waals surface area contributed by atoms with E-state index in [-0.39, 0.29) is 17.2 Å². The Kier molecular flexibility index (Phi) is 5.74. The fourth-order valence-corrected chi connectivity index (χ4v) is 3.27. The summed E-state index contributed by atoms with van der Waals surface area (Å²) in [5.41, 5.74) is 1.85. The summed E-state index contributed by atoms with van der Waals surface area (Å²) in [6.07, 6.45) is 0. The molecular weight excluding hydrogens is 272 g/mol. The molecule has 1 unspecified atom stereocenters. The summed E-state index contributed by atoms with van der Waals surface area (Å²) in [6, 6.07) is 7.54. The average Bonchev–Trinajstić information content (AvgIpc) is 2.29. The highest BCUT2D eigenvalue weighted by molar-refractivity contribution is 7.88. The monoisotopic (exact) mass is 298 g/mol. The Balaban J connectivity index is 2.71. The van der Waals surface area contributed by atoms with Crippen molar-refractivity contribution in [2.45, 2.75) is 46.0 Å². The van der Waals surface area contributed by atoms with Gasteiger partial charge in [-0.25, -0.2) is 13.1 Å². The molecule has 0 radical (unpaired) electrons. The third-order valence-electron chi connectivity index (χ3n) is 3.42. The molecular formula is C15H26N2O2S. The van der Waals surface area contributed by atoms with Crippen LogP contribution in [0.4, 0.5) is 0 Å². The van der Waals surface area contributed by atoms with Gasteiger partial charge in [0.15, 0.2) is 0 Å². The van der Waals surface area contributed by atoms with Crippen LogP contribution in [0.15, 0.2) is 24.3 Å². The van der Waals surface area contributed by atoms with Gasteiger partial charge in [-0.15, -0.1) is 0 Å². The van der Waals surface area contributed by atoms with Gasteiger partial charge in [0.25, 0.3) is 0 Å². The Labute approximate surface area is 123 Å². The molecule has 0 aliphatic rings. The van der Waals surface area contributed by atoms with Crippen molar-refractivity contribution in [3.8, 4) is 0 Å². The first-order chi connectivity index (χ1) is 9.14. The minimum atomic E-state index is -3.31. The Hall–Kier alpha value is -0.910. The quantitative estimate of drug-likeness (QED) is 0.847. The van der Waals surface area contributed by atoms with Crippen molar-refractivity contribution in [2.75, 3.05) is 7.05 Å². The summed E-state index contributed by atoms with van der Waals surface area (Å²) in [5, 5.41) is 3.06. The molecule has 0 saturated heterocycles. The zero-order chi connectivity index (χ0) is 15.4. The van der Waals surface area contributed by atoms with Crippen LogP contribution in [-0.2, 0) is 22.3 Å². The lowest BCUT2D eigenvalue weighted by atomic mass is 9.89. The van der Waals surface area contributed by atoms with E-state index in [1.165, 1.54) is 0 Å². The van der Waals surface area contributed by atoms with Crippen LogP contribution in [0.1, 0.15) is 38.8 Å². The normalized spacial score (nSPS) is 14.2. The van der Waals surface area contributed by atoms with E-state index in [9.17, 15) is 8.42 Å². The smallest absolute Gasteiger partial charge is 0.216 e. The lowest BCUT2D eigenvalue weighted by Gasteiger charge is -2.27. The highest BCUT2D eigenvalue weighted by Crippen LogP contribution is 2.20. The van der Waals surface area contributed by atoms with Gasteiger partial charge in [-0.05, 0) is 30.5 Å². The fourth-order valence-electron chi connectivity index (χ4n) is 1.66.